The summed E-state index contributed by atoms with van der Waals surface area (Å²) in [7, 11) is 1.63. The van der Waals surface area contributed by atoms with Gasteiger partial charge in [0.25, 0.3) is 0 Å². The largest absolute Gasteiger partial charge is 0.497 e. The Labute approximate surface area is 140 Å². The van der Waals surface area contributed by atoms with Crippen LogP contribution in [0.4, 0.5) is 0 Å². The fourth-order valence-electron chi connectivity index (χ4n) is 2.07. The standard InChI is InChI=1S/C18H18N2O4/c1-22-17-8-6-14(7-9-17)11-23-12-15-4-2-3-5-16(15)13-24-18(21)10-20-19/h2-10H,11-13H2,1H3. The third kappa shape index (κ3) is 5.35. The van der Waals surface area contributed by atoms with Gasteiger partial charge in [-0.1, -0.05) is 36.4 Å². The van der Waals surface area contributed by atoms with Crippen LogP contribution >= 0.6 is 0 Å². The summed E-state index contributed by atoms with van der Waals surface area (Å²) in [5.41, 5.74) is 11.1. The number of hydrogen-bond acceptors (Lipinski definition) is 4. The van der Waals surface area contributed by atoms with Crippen molar-refractivity contribution < 1.29 is 23.8 Å². The molecule has 24 heavy (non-hydrogen) atoms. The molecule has 0 N–H and O–H groups in total. The van der Waals surface area contributed by atoms with Gasteiger partial charge in [0.1, 0.15) is 12.4 Å². The first-order chi connectivity index (χ1) is 11.7. The van der Waals surface area contributed by atoms with Crippen LogP contribution in [0, 0.1) is 0 Å². The van der Waals surface area contributed by atoms with Crippen molar-refractivity contribution in [3.05, 3.63) is 70.8 Å². The molecule has 0 aliphatic rings. The molecule has 0 amide bonds. The van der Waals surface area contributed by atoms with Crippen LogP contribution in [0.3, 0.4) is 0 Å². The Hall–Kier alpha value is -2.95. The fourth-order valence-corrected chi connectivity index (χ4v) is 2.07. The molecular weight excluding hydrogens is 308 g/mol. The zero-order valence-corrected chi connectivity index (χ0v) is 13.3. The molecule has 2 aromatic carbocycles. The lowest BCUT2D eigenvalue weighted by atomic mass is 10.1. The number of hydrogen-bond donors (Lipinski definition) is 0. The van der Waals surface area contributed by atoms with Crippen LogP contribution in [0.2, 0.25) is 0 Å². The maximum Gasteiger partial charge on any atom is 0.413 e. The minimum Gasteiger partial charge on any atom is -0.497 e. The van der Waals surface area contributed by atoms with Gasteiger partial charge in [0.2, 0.25) is 0 Å². The van der Waals surface area contributed by atoms with E-state index in [2.05, 4.69) is 4.79 Å². The van der Waals surface area contributed by atoms with Crippen molar-refractivity contribution in [2.45, 2.75) is 19.8 Å². The molecule has 0 bridgehead atoms. The molecular formula is C18H18N2O4. The van der Waals surface area contributed by atoms with Crippen LogP contribution in [-0.4, -0.2) is 24.1 Å². The predicted molar refractivity (Wildman–Crippen MR) is 87.4 cm³/mol. The second-order valence-corrected chi connectivity index (χ2v) is 4.96. The van der Waals surface area contributed by atoms with Gasteiger partial charge >= 0.3 is 12.2 Å². The van der Waals surface area contributed by atoms with Crippen LogP contribution in [0.1, 0.15) is 16.7 Å². The van der Waals surface area contributed by atoms with Crippen LogP contribution in [0.5, 0.6) is 5.75 Å². The molecule has 0 heterocycles. The van der Waals surface area contributed by atoms with Crippen molar-refractivity contribution in [3.63, 3.8) is 0 Å². The summed E-state index contributed by atoms with van der Waals surface area (Å²) in [6.45, 7) is 0.954. The van der Waals surface area contributed by atoms with Crippen molar-refractivity contribution in [1.29, 1.82) is 0 Å². The zero-order chi connectivity index (χ0) is 17.2. The number of ether oxygens (including phenoxy) is 3. The van der Waals surface area contributed by atoms with Gasteiger partial charge in [-0.05, 0) is 28.8 Å². The number of benzene rings is 2. The van der Waals surface area contributed by atoms with Gasteiger partial charge in [0, 0.05) is 0 Å². The van der Waals surface area contributed by atoms with E-state index in [4.69, 9.17) is 19.7 Å². The molecule has 0 aliphatic carbocycles. The van der Waals surface area contributed by atoms with E-state index in [0.717, 1.165) is 22.4 Å². The molecule has 6 heteroatoms. The number of carbonyl (C=O) groups is 1. The highest BCUT2D eigenvalue weighted by molar-refractivity contribution is 6.20. The van der Waals surface area contributed by atoms with Crippen LogP contribution < -0.4 is 4.74 Å². The monoisotopic (exact) mass is 326 g/mol. The smallest absolute Gasteiger partial charge is 0.413 e. The number of carbonyl (C=O) groups excluding carboxylic acids is 1. The van der Waals surface area contributed by atoms with Crippen molar-refractivity contribution in [2.24, 2.45) is 0 Å². The predicted octanol–water partition coefficient (Wildman–Crippen LogP) is 2.76. The molecule has 2 aromatic rings. The molecule has 2 rings (SSSR count). The molecule has 0 radical (unpaired) electrons. The van der Waals surface area contributed by atoms with E-state index in [0.29, 0.717) is 19.4 Å². The lowest BCUT2D eigenvalue weighted by molar-refractivity contribution is -0.140. The SMILES string of the molecule is COc1ccc(COCc2ccccc2COC(=O)C=[N+]=[N-])cc1. The lowest BCUT2D eigenvalue weighted by Gasteiger charge is -2.10. The number of esters is 1. The first-order valence-corrected chi connectivity index (χ1v) is 7.34. The third-order valence-electron chi connectivity index (χ3n) is 3.34. The van der Waals surface area contributed by atoms with E-state index >= 15 is 0 Å². The summed E-state index contributed by atoms with van der Waals surface area (Å²) in [4.78, 5) is 13.8. The molecule has 0 saturated heterocycles. The molecule has 0 aliphatic heterocycles. The minimum absolute atomic E-state index is 0.0902. The Kier molecular flexibility index (Phi) is 6.71. The zero-order valence-electron chi connectivity index (χ0n) is 13.3. The molecule has 0 saturated carbocycles. The Morgan fingerprint density at radius 2 is 1.71 bits per heavy atom. The molecule has 124 valence electrons. The fraction of sp³-hybridized carbons (Fsp3) is 0.222. The van der Waals surface area contributed by atoms with Crippen LogP contribution in [-0.2, 0) is 34.1 Å². The van der Waals surface area contributed by atoms with E-state index in [1.165, 1.54) is 0 Å². The molecule has 0 aromatic heterocycles. The normalized spacial score (nSPS) is 9.88. The Morgan fingerprint density at radius 1 is 1.04 bits per heavy atom. The highest BCUT2D eigenvalue weighted by Crippen LogP contribution is 2.15. The Balaban J connectivity index is 1.89. The van der Waals surface area contributed by atoms with Gasteiger partial charge in [-0.3, -0.25) is 0 Å². The molecule has 0 atom stereocenters. The summed E-state index contributed by atoms with van der Waals surface area (Å²) in [5.74, 6) is 0.101. The minimum atomic E-state index is -0.702. The highest BCUT2D eigenvalue weighted by Gasteiger charge is 2.07. The molecule has 0 unspecified atom stereocenters. The van der Waals surface area contributed by atoms with E-state index in [9.17, 15) is 4.79 Å². The maximum atomic E-state index is 11.2. The topological polar surface area (TPSA) is 81.2 Å². The van der Waals surface area contributed by atoms with Crippen molar-refractivity contribution >= 4 is 12.2 Å². The first-order valence-electron chi connectivity index (χ1n) is 7.34. The number of methoxy groups -OCH3 is 1. The van der Waals surface area contributed by atoms with E-state index < -0.39 is 5.97 Å². The average molecular weight is 326 g/mol. The third-order valence-corrected chi connectivity index (χ3v) is 3.34. The van der Waals surface area contributed by atoms with Crippen molar-refractivity contribution in [1.82, 2.24) is 0 Å². The van der Waals surface area contributed by atoms with Gasteiger partial charge in [-0.2, -0.15) is 4.79 Å². The lowest BCUT2D eigenvalue weighted by Crippen LogP contribution is -2.08. The van der Waals surface area contributed by atoms with Gasteiger partial charge in [-0.25, -0.2) is 4.79 Å². The molecule has 0 spiro atoms. The Morgan fingerprint density at radius 3 is 2.33 bits per heavy atom. The maximum absolute atomic E-state index is 11.2. The van der Waals surface area contributed by atoms with Gasteiger partial charge < -0.3 is 19.7 Å². The van der Waals surface area contributed by atoms with E-state index in [1.807, 2.05) is 48.5 Å². The number of rotatable bonds is 8. The Bertz CT molecular complexity index is 722. The van der Waals surface area contributed by atoms with Crippen molar-refractivity contribution in [3.8, 4) is 5.75 Å². The van der Waals surface area contributed by atoms with Crippen molar-refractivity contribution in [2.75, 3.05) is 7.11 Å². The summed E-state index contributed by atoms with van der Waals surface area (Å²) >= 11 is 0. The summed E-state index contributed by atoms with van der Waals surface area (Å²) in [6, 6.07) is 15.2. The summed E-state index contributed by atoms with van der Waals surface area (Å²) < 4.78 is 15.8. The van der Waals surface area contributed by atoms with Gasteiger partial charge in [-0.15, -0.1) is 0 Å². The summed E-state index contributed by atoms with van der Waals surface area (Å²) in [6.07, 6.45) is 0.711. The molecule has 0 fully saturated rings. The van der Waals surface area contributed by atoms with Crippen LogP contribution in [0.25, 0.3) is 5.53 Å². The van der Waals surface area contributed by atoms with E-state index in [1.54, 1.807) is 7.11 Å². The van der Waals surface area contributed by atoms with Crippen LogP contribution in [0.15, 0.2) is 48.5 Å². The van der Waals surface area contributed by atoms with Gasteiger partial charge in [0.15, 0.2) is 0 Å². The van der Waals surface area contributed by atoms with E-state index in [-0.39, 0.29) is 6.61 Å². The first kappa shape index (κ1) is 17.4. The second kappa shape index (κ2) is 9.25. The van der Waals surface area contributed by atoms with Gasteiger partial charge in [0.05, 0.1) is 20.3 Å². The average Bonchev–Trinajstić information content (AvgIpc) is 2.62. The highest BCUT2D eigenvalue weighted by atomic mass is 16.5. The summed E-state index contributed by atoms with van der Waals surface area (Å²) in [5, 5.41) is 0. The quantitative estimate of drug-likeness (QED) is 0.323. The number of nitrogens with zero attached hydrogens (tertiary/aromatic N) is 2. The second-order valence-electron chi connectivity index (χ2n) is 4.96. The molecule has 6 nitrogen and oxygen atoms in total.